The number of benzene rings is 1. The number of halogens is 2. The fourth-order valence-electron chi connectivity index (χ4n) is 2.46. The van der Waals surface area contributed by atoms with E-state index in [1.54, 1.807) is 25.1 Å². The lowest BCUT2D eigenvalue weighted by molar-refractivity contribution is 0.0930. The molecule has 1 aliphatic carbocycles. The largest absolute Gasteiger partial charge is 0.344 e. The van der Waals surface area contributed by atoms with Crippen LogP contribution in [0.5, 0.6) is 0 Å². The Labute approximate surface area is 131 Å². The number of hydrogen-bond acceptors (Lipinski definition) is 1. The molecule has 1 fully saturated rings. The van der Waals surface area contributed by atoms with Crippen molar-refractivity contribution in [2.75, 3.05) is 0 Å². The highest BCUT2D eigenvalue weighted by molar-refractivity contribution is 9.10. The van der Waals surface area contributed by atoms with Gasteiger partial charge in [-0.05, 0) is 47.8 Å². The summed E-state index contributed by atoms with van der Waals surface area (Å²) in [5.74, 6) is -0.479. The van der Waals surface area contributed by atoms with Crippen molar-refractivity contribution in [3.05, 3.63) is 58.1 Å². The first-order valence-corrected chi connectivity index (χ1v) is 7.78. The average Bonchev–Trinajstić information content (AvgIpc) is 3.21. The second kappa shape index (κ2) is 5.64. The van der Waals surface area contributed by atoms with Gasteiger partial charge in [0.2, 0.25) is 0 Å². The van der Waals surface area contributed by atoms with Crippen LogP contribution < -0.4 is 5.32 Å². The fourth-order valence-corrected chi connectivity index (χ4v) is 2.89. The Balaban J connectivity index is 1.79. The fraction of sp³-hybridized carbons (Fsp3) is 0.312. The van der Waals surface area contributed by atoms with Crippen LogP contribution in [0.15, 0.2) is 41.0 Å². The SMILES string of the molecule is CC(NC(=O)c1cc(Br)cn1C1CC1)c1ccccc1F. The van der Waals surface area contributed by atoms with E-state index in [4.69, 9.17) is 0 Å². The molecule has 1 unspecified atom stereocenters. The predicted octanol–water partition coefficient (Wildman–Crippen LogP) is 4.22. The molecule has 1 saturated carbocycles. The van der Waals surface area contributed by atoms with Gasteiger partial charge in [-0.1, -0.05) is 18.2 Å². The van der Waals surface area contributed by atoms with E-state index in [1.165, 1.54) is 6.07 Å². The van der Waals surface area contributed by atoms with E-state index in [-0.39, 0.29) is 17.8 Å². The monoisotopic (exact) mass is 350 g/mol. The van der Waals surface area contributed by atoms with Crippen molar-refractivity contribution in [3.63, 3.8) is 0 Å². The first-order chi connectivity index (χ1) is 10.1. The lowest BCUT2D eigenvalue weighted by atomic mass is 10.1. The van der Waals surface area contributed by atoms with Crippen LogP contribution >= 0.6 is 15.9 Å². The minimum absolute atomic E-state index is 0.177. The number of carbonyl (C=O) groups excluding carboxylic acids is 1. The van der Waals surface area contributed by atoms with Crippen LogP contribution in [0.2, 0.25) is 0 Å². The van der Waals surface area contributed by atoms with E-state index in [1.807, 2.05) is 16.8 Å². The van der Waals surface area contributed by atoms with Gasteiger partial charge in [-0.2, -0.15) is 0 Å². The van der Waals surface area contributed by atoms with Crippen LogP contribution in [0.4, 0.5) is 4.39 Å². The number of hydrogen-bond donors (Lipinski definition) is 1. The van der Waals surface area contributed by atoms with Crippen LogP contribution in [0, 0.1) is 5.82 Å². The Morgan fingerprint density at radius 3 is 2.81 bits per heavy atom. The maximum atomic E-state index is 13.8. The number of nitrogens with one attached hydrogen (secondary N) is 1. The first-order valence-electron chi connectivity index (χ1n) is 6.99. The molecular formula is C16H16BrFN2O. The standard InChI is InChI=1S/C16H16BrFN2O/c1-10(13-4-2-3-5-14(13)18)19-16(21)15-8-11(17)9-20(15)12-6-7-12/h2-5,8-10,12H,6-7H2,1H3,(H,19,21). The third-order valence-electron chi connectivity index (χ3n) is 3.71. The molecule has 5 heteroatoms. The van der Waals surface area contributed by atoms with E-state index in [9.17, 15) is 9.18 Å². The lowest BCUT2D eigenvalue weighted by Gasteiger charge is -2.16. The van der Waals surface area contributed by atoms with Crippen molar-refractivity contribution in [3.8, 4) is 0 Å². The van der Waals surface area contributed by atoms with Crippen LogP contribution in [0.3, 0.4) is 0 Å². The number of carbonyl (C=O) groups is 1. The molecule has 1 aromatic heterocycles. The third kappa shape index (κ3) is 3.02. The maximum absolute atomic E-state index is 13.8. The van der Waals surface area contributed by atoms with Crippen LogP contribution in [-0.2, 0) is 0 Å². The second-order valence-corrected chi connectivity index (χ2v) is 6.31. The highest BCUT2D eigenvalue weighted by Gasteiger charge is 2.28. The molecule has 1 atom stereocenters. The Bertz CT molecular complexity index is 679. The highest BCUT2D eigenvalue weighted by atomic mass is 79.9. The summed E-state index contributed by atoms with van der Waals surface area (Å²) < 4.78 is 16.6. The summed E-state index contributed by atoms with van der Waals surface area (Å²) in [5, 5.41) is 2.87. The van der Waals surface area contributed by atoms with Gasteiger partial charge in [0.15, 0.2) is 0 Å². The summed E-state index contributed by atoms with van der Waals surface area (Å²) in [6, 6.07) is 8.35. The molecule has 3 rings (SSSR count). The van der Waals surface area contributed by atoms with E-state index in [2.05, 4.69) is 21.2 Å². The van der Waals surface area contributed by atoms with Gasteiger partial charge < -0.3 is 9.88 Å². The summed E-state index contributed by atoms with van der Waals surface area (Å²) in [6.45, 7) is 1.79. The molecule has 1 amide bonds. The van der Waals surface area contributed by atoms with Gasteiger partial charge >= 0.3 is 0 Å². The minimum Gasteiger partial charge on any atom is -0.344 e. The molecule has 21 heavy (non-hydrogen) atoms. The first kappa shape index (κ1) is 14.3. The molecule has 0 radical (unpaired) electrons. The molecule has 2 aromatic rings. The van der Waals surface area contributed by atoms with Crippen molar-refractivity contribution in [2.24, 2.45) is 0 Å². The number of rotatable bonds is 4. The van der Waals surface area contributed by atoms with Gasteiger partial charge in [0, 0.05) is 22.3 Å². The molecule has 110 valence electrons. The third-order valence-corrected chi connectivity index (χ3v) is 4.14. The normalized spacial score (nSPS) is 15.8. The second-order valence-electron chi connectivity index (χ2n) is 5.40. The molecule has 1 N–H and O–H groups in total. The van der Waals surface area contributed by atoms with Gasteiger partial charge in [-0.15, -0.1) is 0 Å². The maximum Gasteiger partial charge on any atom is 0.268 e. The van der Waals surface area contributed by atoms with E-state index in [0.717, 1.165) is 17.3 Å². The Hall–Kier alpha value is -1.62. The number of nitrogens with zero attached hydrogens (tertiary/aromatic N) is 1. The zero-order valence-corrected chi connectivity index (χ0v) is 13.2. The molecule has 0 aliphatic heterocycles. The molecule has 0 saturated heterocycles. The summed E-state index contributed by atoms with van der Waals surface area (Å²) in [4.78, 5) is 12.4. The quantitative estimate of drug-likeness (QED) is 0.880. The Kier molecular flexibility index (Phi) is 3.85. The summed E-state index contributed by atoms with van der Waals surface area (Å²) in [5.41, 5.74) is 1.11. The molecule has 1 heterocycles. The van der Waals surface area contributed by atoms with Gasteiger partial charge in [0.1, 0.15) is 11.5 Å². The van der Waals surface area contributed by atoms with Crippen molar-refractivity contribution in [2.45, 2.75) is 31.8 Å². The van der Waals surface area contributed by atoms with Gasteiger partial charge in [0.05, 0.1) is 6.04 Å². The van der Waals surface area contributed by atoms with E-state index < -0.39 is 0 Å². The summed E-state index contributed by atoms with van der Waals surface area (Å²) in [7, 11) is 0. The summed E-state index contributed by atoms with van der Waals surface area (Å²) >= 11 is 3.41. The number of aromatic nitrogens is 1. The van der Waals surface area contributed by atoms with Crippen molar-refractivity contribution < 1.29 is 9.18 Å². The van der Waals surface area contributed by atoms with Crippen LogP contribution in [-0.4, -0.2) is 10.5 Å². The van der Waals surface area contributed by atoms with Crippen molar-refractivity contribution in [1.29, 1.82) is 0 Å². The summed E-state index contributed by atoms with van der Waals surface area (Å²) in [6.07, 6.45) is 4.13. The van der Waals surface area contributed by atoms with Gasteiger partial charge in [-0.25, -0.2) is 4.39 Å². The van der Waals surface area contributed by atoms with Gasteiger partial charge in [-0.3, -0.25) is 4.79 Å². The van der Waals surface area contributed by atoms with Crippen LogP contribution in [0.1, 0.15) is 47.9 Å². The zero-order valence-electron chi connectivity index (χ0n) is 11.6. The van der Waals surface area contributed by atoms with Crippen molar-refractivity contribution in [1.82, 2.24) is 9.88 Å². The van der Waals surface area contributed by atoms with Crippen molar-refractivity contribution >= 4 is 21.8 Å². The molecular weight excluding hydrogens is 335 g/mol. The van der Waals surface area contributed by atoms with Crippen LogP contribution in [0.25, 0.3) is 0 Å². The lowest BCUT2D eigenvalue weighted by Crippen LogP contribution is -2.29. The number of amides is 1. The minimum atomic E-state index is -0.375. The molecule has 0 spiro atoms. The average molecular weight is 351 g/mol. The predicted molar refractivity (Wildman–Crippen MR) is 82.7 cm³/mol. The zero-order chi connectivity index (χ0) is 15.0. The Morgan fingerprint density at radius 2 is 2.14 bits per heavy atom. The highest BCUT2D eigenvalue weighted by Crippen LogP contribution is 2.37. The van der Waals surface area contributed by atoms with Gasteiger partial charge in [0.25, 0.3) is 5.91 Å². The van der Waals surface area contributed by atoms with E-state index >= 15 is 0 Å². The van der Waals surface area contributed by atoms with E-state index in [0.29, 0.717) is 17.3 Å². The molecule has 1 aromatic carbocycles. The molecule has 3 nitrogen and oxygen atoms in total. The topological polar surface area (TPSA) is 34.0 Å². The Morgan fingerprint density at radius 1 is 1.43 bits per heavy atom. The molecule has 0 bridgehead atoms. The molecule has 1 aliphatic rings. The smallest absolute Gasteiger partial charge is 0.268 e.